The predicted molar refractivity (Wildman–Crippen MR) is 104 cm³/mol. The first-order valence-corrected chi connectivity index (χ1v) is 8.90. The first-order chi connectivity index (χ1) is 13.2. The van der Waals surface area contributed by atoms with Gasteiger partial charge in [0.05, 0.1) is 4.88 Å². The van der Waals surface area contributed by atoms with Gasteiger partial charge >= 0.3 is 0 Å². The van der Waals surface area contributed by atoms with E-state index in [1.807, 2.05) is 11.4 Å². The topological polar surface area (TPSA) is 91.2 Å². The molecule has 0 spiro atoms. The molecule has 0 saturated carbocycles. The van der Waals surface area contributed by atoms with Crippen LogP contribution in [0.25, 0.3) is 0 Å². The highest BCUT2D eigenvalue weighted by molar-refractivity contribution is 7.12. The van der Waals surface area contributed by atoms with E-state index in [1.54, 1.807) is 60.7 Å². The van der Waals surface area contributed by atoms with Crippen LogP contribution in [0.3, 0.4) is 0 Å². The number of hydrogen-bond donors (Lipinski definition) is 2. The van der Waals surface area contributed by atoms with Gasteiger partial charge in [0.2, 0.25) is 0 Å². The highest BCUT2D eigenvalue weighted by atomic mass is 32.1. The summed E-state index contributed by atoms with van der Waals surface area (Å²) >= 11 is 1.35. The van der Waals surface area contributed by atoms with Crippen LogP contribution in [-0.4, -0.2) is 18.4 Å². The molecule has 0 bridgehead atoms. The van der Waals surface area contributed by atoms with Crippen molar-refractivity contribution in [2.24, 2.45) is 0 Å². The molecule has 1 heterocycles. The van der Waals surface area contributed by atoms with Gasteiger partial charge in [-0.25, -0.2) is 0 Å². The molecule has 0 aliphatic carbocycles. The SMILES string of the molecule is N#CCOc1cccc(NC(=O)c2cccc(NC(=O)c3cccs3)c2)c1. The van der Waals surface area contributed by atoms with Gasteiger partial charge in [-0.15, -0.1) is 11.3 Å². The minimum Gasteiger partial charge on any atom is -0.479 e. The zero-order chi connectivity index (χ0) is 19.1. The molecule has 0 atom stereocenters. The van der Waals surface area contributed by atoms with Crippen molar-refractivity contribution < 1.29 is 14.3 Å². The summed E-state index contributed by atoms with van der Waals surface area (Å²) in [6, 6.07) is 18.9. The van der Waals surface area contributed by atoms with E-state index in [4.69, 9.17) is 10.00 Å². The van der Waals surface area contributed by atoms with E-state index >= 15 is 0 Å². The molecule has 2 aromatic carbocycles. The summed E-state index contributed by atoms with van der Waals surface area (Å²) < 4.78 is 5.22. The lowest BCUT2D eigenvalue weighted by atomic mass is 10.1. The van der Waals surface area contributed by atoms with Crippen LogP contribution in [0.4, 0.5) is 11.4 Å². The summed E-state index contributed by atoms with van der Waals surface area (Å²) in [4.78, 5) is 25.2. The van der Waals surface area contributed by atoms with Crippen molar-refractivity contribution in [2.75, 3.05) is 17.2 Å². The average Bonchev–Trinajstić information content (AvgIpc) is 3.22. The van der Waals surface area contributed by atoms with Crippen molar-refractivity contribution in [3.8, 4) is 11.8 Å². The third kappa shape index (κ3) is 4.93. The molecule has 6 nitrogen and oxygen atoms in total. The minimum atomic E-state index is -0.320. The molecule has 0 aliphatic rings. The maximum absolute atomic E-state index is 12.5. The summed E-state index contributed by atoms with van der Waals surface area (Å²) in [5.41, 5.74) is 1.48. The second-order valence-electron chi connectivity index (χ2n) is 5.44. The number of thiophene rings is 1. The summed E-state index contributed by atoms with van der Waals surface area (Å²) in [6.45, 7) is -0.0661. The Labute approximate surface area is 160 Å². The van der Waals surface area contributed by atoms with Gasteiger partial charge in [-0.3, -0.25) is 9.59 Å². The smallest absolute Gasteiger partial charge is 0.265 e. The first kappa shape index (κ1) is 18.2. The normalized spacial score (nSPS) is 9.89. The van der Waals surface area contributed by atoms with Gasteiger partial charge in [-0.05, 0) is 41.8 Å². The minimum absolute atomic E-state index is 0.0661. The van der Waals surface area contributed by atoms with Crippen molar-refractivity contribution in [2.45, 2.75) is 0 Å². The van der Waals surface area contributed by atoms with Crippen LogP contribution in [-0.2, 0) is 0 Å². The van der Waals surface area contributed by atoms with Crippen LogP contribution in [0.1, 0.15) is 20.0 Å². The highest BCUT2D eigenvalue weighted by Gasteiger charge is 2.10. The van der Waals surface area contributed by atoms with Crippen LogP contribution in [0.15, 0.2) is 66.0 Å². The van der Waals surface area contributed by atoms with E-state index < -0.39 is 0 Å². The molecule has 7 heteroatoms. The summed E-state index contributed by atoms with van der Waals surface area (Å²) in [6.07, 6.45) is 0. The molecule has 0 radical (unpaired) electrons. The number of carbonyl (C=O) groups excluding carboxylic acids is 2. The lowest BCUT2D eigenvalue weighted by molar-refractivity contribution is 0.101. The number of nitriles is 1. The van der Waals surface area contributed by atoms with E-state index in [2.05, 4.69) is 10.6 Å². The molecular formula is C20H15N3O3S. The Morgan fingerprint density at radius 3 is 2.44 bits per heavy atom. The maximum atomic E-state index is 12.5. The Balaban J connectivity index is 1.68. The Hall–Kier alpha value is -3.63. The molecular weight excluding hydrogens is 362 g/mol. The number of rotatable bonds is 6. The average molecular weight is 377 g/mol. The van der Waals surface area contributed by atoms with Crippen LogP contribution in [0.5, 0.6) is 5.75 Å². The van der Waals surface area contributed by atoms with E-state index in [0.717, 1.165) is 0 Å². The fraction of sp³-hybridized carbons (Fsp3) is 0.0500. The number of carbonyl (C=O) groups is 2. The number of hydrogen-bond acceptors (Lipinski definition) is 5. The lowest BCUT2D eigenvalue weighted by Crippen LogP contribution is -2.14. The number of nitrogens with zero attached hydrogens (tertiary/aromatic N) is 1. The number of ether oxygens (including phenoxy) is 1. The molecule has 2 N–H and O–H groups in total. The molecule has 3 rings (SSSR count). The number of benzene rings is 2. The number of amides is 2. The molecule has 0 saturated heterocycles. The number of anilines is 2. The van der Waals surface area contributed by atoms with E-state index in [1.165, 1.54) is 11.3 Å². The Kier molecular flexibility index (Phi) is 5.82. The predicted octanol–water partition coefficient (Wildman–Crippen LogP) is 4.16. The van der Waals surface area contributed by atoms with Crippen molar-refractivity contribution in [3.05, 3.63) is 76.5 Å². The van der Waals surface area contributed by atoms with E-state index in [-0.39, 0.29) is 18.4 Å². The first-order valence-electron chi connectivity index (χ1n) is 8.02. The van der Waals surface area contributed by atoms with Gasteiger partial charge in [-0.2, -0.15) is 5.26 Å². The van der Waals surface area contributed by atoms with Crippen LogP contribution in [0, 0.1) is 11.3 Å². The van der Waals surface area contributed by atoms with Crippen molar-refractivity contribution in [1.29, 1.82) is 5.26 Å². The van der Waals surface area contributed by atoms with Gasteiger partial charge in [0, 0.05) is 23.0 Å². The third-order valence-electron chi connectivity index (χ3n) is 3.52. The van der Waals surface area contributed by atoms with Crippen molar-refractivity contribution >= 4 is 34.5 Å². The van der Waals surface area contributed by atoms with Gasteiger partial charge in [0.1, 0.15) is 11.8 Å². The van der Waals surface area contributed by atoms with Crippen molar-refractivity contribution in [1.82, 2.24) is 0 Å². The lowest BCUT2D eigenvalue weighted by Gasteiger charge is -2.09. The van der Waals surface area contributed by atoms with Gasteiger partial charge in [0.15, 0.2) is 6.61 Å². The molecule has 1 aromatic heterocycles. The monoisotopic (exact) mass is 377 g/mol. The Bertz CT molecular complexity index is 994. The molecule has 0 unspecified atom stereocenters. The van der Waals surface area contributed by atoms with E-state index in [9.17, 15) is 9.59 Å². The highest BCUT2D eigenvalue weighted by Crippen LogP contribution is 2.19. The third-order valence-corrected chi connectivity index (χ3v) is 4.39. The van der Waals surface area contributed by atoms with Gasteiger partial charge in [0.25, 0.3) is 11.8 Å². The van der Waals surface area contributed by atoms with Gasteiger partial charge < -0.3 is 15.4 Å². The molecule has 3 aromatic rings. The molecule has 0 aliphatic heterocycles. The Morgan fingerprint density at radius 2 is 1.70 bits per heavy atom. The quantitative estimate of drug-likeness (QED) is 0.675. The summed E-state index contributed by atoms with van der Waals surface area (Å²) in [5, 5.41) is 15.9. The van der Waals surface area contributed by atoms with Crippen LogP contribution < -0.4 is 15.4 Å². The fourth-order valence-corrected chi connectivity index (χ4v) is 2.94. The standard InChI is InChI=1S/C20H15N3O3S/c21-9-10-26-17-7-2-6-16(13-17)22-19(24)14-4-1-5-15(12-14)23-20(25)18-8-3-11-27-18/h1-8,11-13H,10H2,(H,22,24)(H,23,25). The Morgan fingerprint density at radius 1 is 0.963 bits per heavy atom. The second-order valence-corrected chi connectivity index (χ2v) is 6.39. The molecule has 2 amide bonds. The van der Waals surface area contributed by atoms with Crippen LogP contribution in [0.2, 0.25) is 0 Å². The van der Waals surface area contributed by atoms with Gasteiger partial charge in [-0.1, -0.05) is 18.2 Å². The summed E-state index contributed by atoms with van der Waals surface area (Å²) in [5.74, 6) is -0.0455. The van der Waals surface area contributed by atoms with Crippen LogP contribution >= 0.6 is 11.3 Å². The maximum Gasteiger partial charge on any atom is 0.265 e. The molecule has 27 heavy (non-hydrogen) atoms. The number of nitrogens with one attached hydrogen (secondary N) is 2. The fourth-order valence-electron chi connectivity index (χ4n) is 2.32. The molecule has 0 fully saturated rings. The van der Waals surface area contributed by atoms with E-state index in [0.29, 0.717) is 27.6 Å². The summed E-state index contributed by atoms with van der Waals surface area (Å²) in [7, 11) is 0. The van der Waals surface area contributed by atoms with Crippen molar-refractivity contribution in [3.63, 3.8) is 0 Å². The second kappa shape index (κ2) is 8.65. The molecule has 134 valence electrons. The zero-order valence-electron chi connectivity index (χ0n) is 14.1. The zero-order valence-corrected chi connectivity index (χ0v) is 15.0. The largest absolute Gasteiger partial charge is 0.479 e.